The molecular formula is C16H14Br2N2O. The lowest BCUT2D eigenvalue weighted by molar-refractivity contribution is 0.102. The number of fused-ring (bicyclic) bond motifs is 1. The molecule has 1 heterocycles. The summed E-state index contributed by atoms with van der Waals surface area (Å²) in [5, 5.41) is 6.32. The molecule has 2 N–H and O–H groups in total. The summed E-state index contributed by atoms with van der Waals surface area (Å²) < 4.78 is 1.74. The normalized spacial score (nSPS) is 13.2. The summed E-state index contributed by atoms with van der Waals surface area (Å²) in [6.07, 6.45) is 2.18. The van der Waals surface area contributed by atoms with Crippen molar-refractivity contribution in [1.29, 1.82) is 0 Å². The average Bonchev–Trinajstić information content (AvgIpc) is 2.46. The van der Waals surface area contributed by atoms with Crippen LogP contribution < -0.4 is 10.6 Å². The van der Waals surface area contributed by atoms with Gasteiger partial charge in [0.1, 0.15) is 0 Å². The van der Waals surface area contributed by atoms with Gasteiger partial charge in [-0.3, -0.25) is 4.79 Å². The third-order valence-corrected chi connectivity index (χ3v) is 4.34. The van der Waals surface area contributed by atoms with Gasteiger partial charge in [0.05, 0.1) is 0 Å². The Morgan fingerprint density at radius 3 is 2.62 bits per heavy atom. The van der Waals surface area contributed by atoms with Gasteiger partial charge in [0.2, 0.25) is 0 Å². The molecule has 1 aliphatic rings. The van der Waals surface area contributed by atoms with Crippen LogP contribution in [0.15, 0.2) is 45.3 Å². The van der Waals surface area contributed by atoms with E-state index in [4.69, 9.17) is 0 Å². The lowest BCUT2D eigenvalue weighted by Crippen LogP contribution is -2.14. The summed E-state index contributed by atoms with van der Waals surface area (Å²) in [7, 11) is 0. The molecule has 0 fully saturated rings. The maximum Gasteiger partial charge on any atom is 0.255 e. The van der Waals surface area contributed by atoms with E-state index in [2.05, 4.69) is 42.5 Å². The van der Waals surface area contributed by atoms with E-state index >= 15 is 0 Å². The van der Waals surface area contributed by atoms with E-state index in [1.165, 1.54) is 11.3 Å². The second-order valence-corrected chi connectivity index (χ2v) is 6.85. The molecule has 1 amide bonds. The van der Waals surface area contributed by atoms with Gasteiger partial charge < -0.3 is 10.6 Å². The molecule has 0 saturated heterocycles. The Morgan fingerprint density at radius 1 is 1.10 bits per heavy atom. The minimum absolute atomic E-state index is 0.110. The summed E-state index contributed by atoms with van der Waals surface area (Å²) in [5.74, 6) is -0.110. The largest absolute Gasteiger partial charge is 0.385 e. The Labute approximate surface area is 140 Å². The van der Waals surface area contributed by atoms with Gasteiger partial charge in [0.15, 0.2) is 0 Å². The van der Waals surface area contributed by atoms with Crippen molar-refractivity contribution in [2.24, 2.45) is 0 Å². The molecule has 0 aromatic heterocycles. The van der Waals surface area contributed by atoms with E-state index in [1.807, 2.05) is 24.3 Å². The van der Waals surface area contributed by atoms with Gasteiger partial charge in [-0.15, -0.1) is 0 Å². The van der Waals surface area contributed by atoms with Crippen LogP contribution in [0.3, 0.4) is 0 Å². The first-order chi connectivity index (χ1) is 10.1. The fourth-order valence-electron chi connectivity index (χ4n) is 2.44. The summed E-state index contributed by atoms with van der Waals surface area (Å²) in [6.45, 7) is 1.02. The first kappa shape index (κ1) is 14.6. The maximum absolute atomic E-state index is 12.3. The number of halogens is 2. The van der Waals surface area contributed by atoms with Crippen LogP contribution in [0.25, 0.3) is 0 Å². The minimum atomic E-state index is -0.110. The molecule has 0 atom stereocenters. The third kappa shape index (κ3) is 3.47. The molecule has 0 unspecified atom stereocenters. The minimum Gasteiger partial charge on any atom is -0.385 e. The van der Waals surface area contributed by atoms with E-state index in [0.717, 1.165) is 34.0 Å². The van der Waals surface area contributed by atoms with Crippen LogP contribution in [-0.2, 0) is 6.42 Å². The fraction of sp³-hybridized carbons (Fsp3) is 0.188. The highest BCUT2D eigenvalue weighted by Gasteiger charge is 2.12. The molecule has 0 radical (unpaired) electrons. The van der Waals surface area contributed by atoms with Crippen LogP contribution in [0.1, 0.15) is 22.3 Å². The van der Waals surface area contributed by atoms with Gasteiger partial charge >= 0.3 is 0 Å². The van der Waals surface area contributed by atoms with Crippen molar-refractivity contribution in [3.05, 3.63) is 56.5 Å². The van der Waals surface area contributed by atoms with Gasteiger partial charge in [-0.1, -0.05) is 31.9 Å². The van der Waals surface area contributed by atoms with Crippen LogP contribution in [0.4, 0.5) is 11.4 Å². The van der Waals surface area contributed by atoms with Crippen LogP contribution in [0.5, 0.6) is 0 Å². The number of carbonyl (C=O) groups is 1. The second-order valence-electron chi connectivity index (χ2n) is 5.01. The topological polar surface area (TPSA) is 41.1 Å². The molecule has 3 nitrogen and oxygen atoms in total. The number of benzene rings is 2. The molecule has 1 aliphatic heterocycles. The molecule has 0 saturated carbocycles. The van der Waals surface area contributed by atoms with Crippen molar-refractivity contribution in [2.75, 3.05) is 17.2 Å². The number of anilines is 2. The quantitative estimate of drug-likeness (QED) is 0.746. The summed E-state index contributed by atoms with van der Waals surface area (Å²) in [5.41, 5.74) is 3.88. The molecule has 2 aromatic rings. The van der Waals surface area contributed by atoms with E-state index in [-0.39, 0.29) is 5.91 Å². The molecular weight excluding hydrogens is 396 g/mol. The first-order valence-corrected chi connectivity index (χ1v) is 8.35. The van der Waals surface area contributed by atoms with Gasteiger partial charge in [-0.05, 0) is 54.8 Å². The predicted octanol–water partition coefficient (Wildman–Crippen LogP) is 4.82. The zero-order chi connectivity index (χ0) is 14.8. The molecule has 0 spiro atoms. The Kier molecular flexibility index (Phi) is 4.31. The number of hydrogen-bond donors (Lipinski definition) is 2. The molecule has 21 heavy (non-hydrogen) atoms. The lowest BCUT2D eigenvalue weighted by atomic mass is 10.0. The highest BCUT2D eigenvalue weighted by Crippen LogP contribution is 2.26. The number of rotatable bonds is 2. The molecule has 108 valence electrons. The van der Waals surface area contributed by atoms with E-state index in [1.54, 1.807) is 12.1 Å². The second kappa shape index (κ2) is 6.20. The van der Waals surface area contributed by atoms with Crippen molar-refractivity contribution in [2.45, 2.75) is 12.8 Å². The number of nitrogens with one attached hydrogen (secondary N) is 2. The SMILES string of the molecule is O=C(Nc1ccc2c(c1)CCCN2)c1cc(Br)cc(Br)c1. The van der Waals surface area contributed by atoms with Crippen LogP contribution in [0.2, 0.25) is 0 Å². The Hall–Kier alpha value is -1.33. The molecule has 0 aliphatic carbocycles. The molecule has 2 aromatic carbocycles. The van der Waals surface area contributed by atoms with Crippen LogP contribution in [0, 0.1) is 0 Å². The summed E-state index contributed by atoms with van der Waals surface area (Å²) >= 11 is 6.80. The van der Waals surface area contributed by atoms with Crippen LogP contribution >= 0.6 is 31.9 Å². The highest BCUT2D eigenvalue weighted by atomic mass is 79.9. The number of amides is 1. The summed E-state index contributed by atoms with van der Waals surface area (Å²) in [4.78, 5) is 12.3. The van der Waals surface area contributed by atoms with Crippen molar-refractivity contribution in [1.82, 2.24) is 0 Å². The van der Waals surface area contributed by atoms with E-state index in [0.29, 0.717) is 5.56 Å². The number of hydrogen-bond acceptors (Lipinski definition) is 2. The molecule has 5 heteroatoms. The van der Waals surface area contributed by atoms with Gasteiger partial charge in [0, 0.05) is 32.4 Å². The van der Waals surface area contributed by atoms with Gasteiger partial charge in [0.25, 0.3) is 5.91 Å². The first-order valence-electron chi connectivity index (χ1n) is 6.76. The lowest BCUT2D eigenvalue weighted by Gasteiger charge is -2.18. The Bertz CT molecular complexity index is 680. The monoisotopic (exact) mass is 408 g/mol. The zero-order valence-electron chi connectivity index (χ0n) is 11.2. The Morgan fingerprint density at radius 2 is 1.86 bits per heavy atom. The van der Waals surface area contributed by atoms with Gasteiger partial charge in [-0.25, -0.2) is 0 Å². The zero-order valence-corrected chi connectivity index (χ0v) is 14.4. The smallest absolute Gasteiger partial charge is 0.255 e. The van der Waals surface area contributed by atoms with Crippen molar-refractivity contribution in [3.8, 4) is 0 Å². The summed E-state index contributed by atoms with van der Waals surface area (Å²) in [6, 6.07) is 11.5. The predicted molar refractivity (Wildman–Crippen MR) is 93.0 cm³/mol. The van der Waals surface area contributed by atoms with E-state index < -0.39 is 0 Å². The Balaban J connectivity index is 1.81. The standard InChI is InChI=1S/C16H14Br2N2O/c17-12-6-11(7-13(18)9-12)16(21)20-14-3-4-15-10(8-14)2-1-5-19-15/h3-4,6-9,19H,1-2,5H2,(H,20,21). The van der Waals surface area contributed by atoms with Crippen molar-refractivity contribution >= 4 is 49.1 Å². The average molecular weight is 410 g/mol. The number of aryl methyl sites for hydroxylation is 1. The van der Waals surface area contributed by atoms with Crippen LogP contribution in [-0.4, -0.2) is 12.5 Å². The van der Waals surface area contributed by atoms with Gasteiger partial charge in [-0.2, -0.15) is 0 Å². The number of carbonyl (C=O) groups excluding carboxylic acids is 1. The van der Waals surface area contributed by atoms with Crippen molar-refractivity contribution in [3.63, 3.8) is 0 Å². The maximum atomic E-state index is 12.3. The molecule has 3 rings (SSSR count). The molecule has 0 bridgehead atoms. The fourth-order valence-corrected chi connectivity index (χ4v) is 3.73. The third-order valence-electron chi connectivity index (χ3n) is 3.43. The van der Waals surface area contributed by atoms with Crippen molar-refractivity contribution < 1.29 is 4.79 Å². The van der Waals surface area contributed by atoms with E-state index in [9.17, 15) is 4.79 Å². The highest BCUT2D eigenvalue weighted by molar-refractivity contribution is 9.11.